The standard InChI is InChI=1S/C17H26N4O2/c1-2-5-14(18)17(23)20-13-7-3-6-12(10-13)11-21-9-4-8-15(21)16(19)22/h3,6-7,10,14-15H,2,4-5,8-9,11,18H2,1H3,(H2,19,22)(H,20,23). The molecule has 1 aliphatic rings. The zero-order valence-corrected chi connectivity index (χ0v) is 13.6. The Kier molecular flexibility index (Phi) is 6.12. The fourth-order valence-corrected chi connectivity index (χ4v) is 3.00. The number of primary amides is 1. The van der Waals surface area contributed by atoms with Crippen molar-refractivity contribution in [1.82, 2.24) is 4.90 Å². The predicted octanol–water partition coefficient (Wildman–Crippen LogP) is 1.20. The molecule has 1 aliphatic heterocycles. The Labute approximate surface area is 137 Å². The lowest BCUT2D eigenvalue weighted by molar-refractivity contribution is -0.122. The highest BCUT2D eigenvalue weighted by molar-refractivity contribution is 5.94. The zero-order chi connectivity index (χ0) is 16.8. The van der Waals surface area contributed by atoms with Crippen LogP contribution in [0.3, 0.4) is 0 Å². The fraction of sp³-hybridized carbons (Fsp3) is 0.529. The van der Waals surface area contributed by atoms with Crippen LogP contribution in [0.1, 0.15) is 38.2 Å². The Morgan fingerprint density at radius 1 is 1.43 bits per heavy atom. The average molecular weight is 318 g/mol. The van der Waals surface area contributed by atoms with Gasteiger partial charge in [0.2, 0.25) is 11.8 Å². The lowest BCUT2D eigenvalue weighted by Crippen LogP contribution is -2.39. The van der Waals surface area contributed by atoms with Gasteiger partial charge in [-0.2, -0.15) is 0 Å². The van der Waals surface area contributed by atoms with Gasteiger partial charge < -0.3 is 16.8 Å². The van der Waals surface area contributed by atoms with Gasteiger partial charge in [-0.05, 0) is 43.5 Å². The fourth-order valence-electron chi connectivity index (χ4n) is 3.00. The summed E-state index contributed by atoms with van der Waals surface area (Å²) in [5.41, 5.74) is 13.0. The van der Waals surface area contributed by atoms with Crippen LogP contribution in [0.25, 0.3) is 0 Å². The van der Waals surface area contributed by atoms with Crippen LogP contribution in [-0.4, -0.2) is 35.3 Å². The van der Waals surface area contributed by atoms with Gasteiger partial charge in [0.05, 0.1) is 12.1 Å². The second-order valence-corrected chi connectivity index (χ2v) is 6.12. The Bertz CT molecular complexity index is 561. The molecule has 1 heterocycles. The second-order valence-electron chi connectivity index (χ2n) is 6.12. The largest absolute Gasteiger partial charge is 0.368 e. The minimum Gasteiger partial charge on any atom is -0.368 e. The summed E-state index contributed by atoms with van der Waals surface area (Å²) >= 11 is 0. The number of hydrogen-bond donors (Lipinski definition) is 3. The van der Waals surface area contributed by atoms with E-state index in [1.165, 1.54) is 0 Å². The third kappa shape index (κ3) is 4.77. The number of benzene rings is 1. The SMILES string of the molecule is CCCC(N)C(=O)Nc1cccc(CN2CCCC2C(N)=O)c1. The normalized spacial score (nSPS) is 19.5. The third-order valence-corrected chi connectivity index (χ3v) is 4.21. The van der Waals surface area contributed by atoms with E-state index < -0.39 is 6.04 Å². The first-order valence-electron chi connectivity index (χ1n) is 8.20. The number of likely N-dealkylation sites (tertiary alicyclic amines) is 1. The molecule has 23 heavy (non-hydrogen) atoms. The smallest absolute Gasteiger partial charge is 0.241 e. The first kappa shape index (κ1) is 17.4. The maximum Gasteiger partial charge on any atom is 0.241 e. The van der Waals surface area contributed by atoms with Gasteiger partial charge in [-0.15, -0.1) is 0 Å². The number of carbonyl (C=O) groups is 2. The van der Waals surface area contributed by atoms with E-state index in [1.807, 2.05) is 31.2 Å². The Morgan fingerprint density at radius 3 is 2.91 bits per heavy atom. The minimum atomic E-state index is -0.485. The molecule has 5 N–H and O–H groups in total. The molecule has 6 nitrogen and oxygen atoms in total. The molecular formula is C17H26N4O2. The van der Waals surface area contributed by atoms with E-state index in [0.717, 1.165) is 37.1 Å². The first-order valence-corrected chi connectivity index (χ1v) is 8.20. The van der Waals surface area contributed by atoms with Crippen molar-refractivity contribution >= 4 is 17.5 Å². The molecule has 0 radical (unpaired) electrons. The molecular weight excluding hydrogens is 292 g/mol. The van der Waals surface area contributed by atoms with Crippen molar-refractivity contribution in [3.8, 4) is 0 Å². The van der Waals surface area contributed by atoms with Crippen LogP contribution in [0.5, 0.6) is 0 Å². The quantitative estimate of drug-likeness (QED) is 0.703. The zero-order valence-electron chi connectivity index (χ0n) is 13.6. The lowest BCUT2D eigenvalue weighted by Gasteiger charge is -2.22. The van der Waals surface area contributed by atoms with Crippen molar-refractivity contribution in [2.75, 3.05) is 11.9 Å². The van der Waals surface area contributed by atoms with Gasteiger partial charge in [0.25, 0.3) is 0 Å². The highest BCUT2D eigenvalue weighted by atomic mass is 16.2. The molecule has 2 atom stereocenters. The summed E-state index contributed by atoms with van der Waals surface area (Å²) in [6.07, 6.45) is 3.34. The van der Waals surface area contributed by atoms with E-state index in [9.17, 15) is 9.59 Å². The van der Waals surface area contributed by atoms with E-state index in [-0.39, 0.29) is 17.9 Å². The molecule has 0 saturated carbocycles. The van der Waals surface area contributed by atoms with Crippen LogP contribution >= 0.6 is 0 Å². The topological polar surface area (TPSA) is 101 Å². The van der Waals surface area contributed by atoms with Crippen LogP contribution in [0.2, 0.25) is 0 Å². The Balaban J connectivity index is 1.99. The van der Waals surface area contributed by atoms with Gasteiger partial charge in [-0.25, -0.2) is 0 Å². The van der Waals surface area contributed by atoms with Gasteiger partial charge in [0.1, 0.15) is 0 Å². The monoisotopic (exact) mass is 318 g/mol. The van der Waals surface area contributed by atoms with Crippen molar-refractivity contribution < 1.29 is 9.59 Å². The molecule has 0 bridgehead atoms. The third-order valence-electron chi connectivity index (χ3n) is 4.21. The van der Waals surface area contributed by atoms with E-state index in [2.05, 4.69) is 10.2 Å². The number of nitrogens with two attached hydrogens (primary N) is 2. The highest BCUT2D eigenvalue weighted by Crippen LogP contribution is 2.21. The molecule has 1 aromatic carbocycles. The summed E-state index contributed by atoms with van der Waals surface area (Å²) < 4.78 is 0. The van der Waals surface area contributed by atoms with Crippen molar-refractivity contribution in [3.05, 3.63) is 29.8 Å². The molecule has 0 aliphatic carbocycles. The number of nitrogens with one attached hydrogen (secondary N) is 1. The average Bonchev–Trinajstić information content (AvgIpc) is 2.96. The first-order chi connectivity index (χ1) is 11.0. The molecule has 1 saturated heterocycles. The number of hydrogen-bond acceptors (Lipinski definition) is 4. The molecule has 126 valence electrons. The summed E-state index contributed by atoms with van der Waals surface area (Å²) in [5.74, 6) is -0.433. The van der Waals surface area contributed by atoms with Crippen molar-refractivity contribution in [2.45, 2.75) is 51.2 Å². The van der Waals surface area contributed by atoms with E-state index >= 15 is 0 Å². The molecule has 0 spiro atoms. The van der Waals surface area contributed by atoms with Crippen molar-refractivity contribution in [3.63, 3.8) is 0 Å². The molecule has 0 aromatic heterocycles. The van der Waals surface area contributed by atoms with Crippen LogP contribution in [0.4, 0.5) is 5.69 Å². The van der Waals surface area contributed by atoms with Gasteiger partial charge in [-0.1, -0.05) is 25.5 Å². The maximum absolute atomic E-state index is 12.0. The van der Waals surface area contributed by atoms with Crippen LogP contribution in [0.15, 0.2) is 24.3 Å². The highest BCUT2D eigenvalue weighted by Gasteiger charge is 2.28. The summed E-state index contributed by atoms with van der Waals surface area (Å²) in [4.78, 5) is 25.5. The van der Waals surface area contributed by atoms with E-state index in [1.54, 1.807) is 0 Å². The molecule has 1 aromatic rings. The number of carbonyl (C=O) groups excluding carboxylic acids is 2. The number of anilines is 1. The molecule has 1 fully saturated rings. The Hall–Kier alpha value is -1.92. The number of rotatable bonds is 7. The van der Waals surface area contributed by atoms with Gasteiger partial charge in [-0.3, -0.25) is 14.5 Å². The van der Waals surface area contributed by atoms with Crippen molar-refractivity contribution in [1.29, 1.82) is 0 Å². The molecule has 6 heteroatoms. The Morgan fingerprint density at radius 2 is 2.22 bits per heavy atom. The summed E-state index contributed by atoms with van der Waals surface area (Å²) in [6, 6.07) is 6.97. The number of nitrogens with zero attached hydrogens (tertiary/aromatic N) is 1. The summed E-state index contributed by atoms with van der Waals surface area (Å²) in [5, 5.41) is 2.85. The van der Waals surface area contributed by atoms with Gasteiger partial charge in [0.15, 0.2) is 0 Å². The van der Waals surface area contributed by atoms with Crippen LogP contribution in [-0.2, 0) is 16.1 Å². The predicted molar refractivity (Wildman–Crippen MR) is 90.6 cm³/mol. The van der Waals surface area contributed by atoms with Crippen molar-refractivity contribution in [2.24, 2.45) is 11.5 Å². The van der Waals surface area contributed by atoms with Gasteiger partial charge >= 0.3 is 0 Å². The van der Waals surface area contributed by atoms with E-state index in [0.29, 0.717) is 13.0 Å². The lowest BCUT2D eigenvalue weighted by atomic mass is 10.1. The molecule has 2 rings (SSSR count). The minimum absolute atomic E-state index is 0.166. The molecule has 2 unspecified atom stereocenters. The number of amides is 2. The van der Waals surface area contributed by atoms with Crippen LogP contribution in [0, 0.1) is 0 Å². The van der Waals surface area contributed by atoms with E-state index in [4.69, 9.17) is 11.5 Å². The maximum atomic E-state index is 12.0. The molecule has 2 amide bonds. The summed E-state index contributed by atoms with van der Waals surface area (Å²) in [7, 11) is 0. The second kappa shape index (κ2) is 8.08. The summed E-state index contributed by atoms with van der Waals surface area (Å²) in [6.45, 7) is 3.52. The van der Waals surface area contributed by atoms with Gasteiger partial charge in [0, 0.05) is 12.2 Å². The van der Waals surface area contributed by atoms with Crippen LogP contribution < -0.4 is 16.8 Å².